The Morgan fingerprint density at radius 3 is 2.85 bits per heavy atom. The zero-order chi connectivity index (χ0) is 14.2. The summed E-state index contributed by atoms with van der Waals surface area (Å²) in [7, 11) is 0. The number of nitrogens with zero attached hydrogens (tertiary/aromatic N) is 1. The summed E-state index contributed by atoms with van der Waals surface area (Å²) in [4.78, 5) is 15.9. The van der Waals surface area contributed by atoms with Crippen LogP contribution in [0, 0.1) is 11.3 Å². The Balaban J connectivity index is 1.63. The van der Waals surface area contributed by atoms with Crippen LogP contribution in [0.4, 0.5) is 0 Å². The van der Waals surface area contributed by atoms with E-state index >= 15 is 0 Å². The number of thiophene rings is 1. The molecular formula is C15H21ClN2OS. The Hall–Kier alpha value is -0.580. The molecule has 1 atom stereocenters. The lowest BCUT2D eigenvalue weighted by Gasteiger charge is -2.26. The molecule has 1 amide bonds. The van der Waals surface area contributed by atoms with Crippen LogP contribution in [-0.4, -0.2) is 30.4 Å². The minimum atomic E-state index is 0.264. The SMILES string of the molecule is CCN(Cc1ccc(Cl)s1)C(=O)C1CC12CCNCC2. The molecule has 5 heteroatoms. The van der Waals surface area contributed by atoms with Gasteiger partial charge in [0.2, 0.25) is 5.91 Å². The molecule has 1 aliphatic carbocycles. The third kappa shape index (κ3) is 2.74. The van der Waals surface area contributed by atoms with Gasteiger partial charge in [-0.15, -0.1) is 11.3 Å². The van der Waals surface area contributed by atoms with Crippen molar-refractivity contribution < 1.29 is 4.79 Å². The van der Waals surface area contributed by atoms with Crippen LogP contribution in [0.5, 0.6) is 0 Å². The summed E-state index contributed by atoms with van der Waals surface area (Å²) >= 11 is 7.54. The second-order valence-electron chi connectivity index (χ2n) is 5.93. The van der Waals surface area contributed by atoms with Crippen molar-refractivity contribution in [3.05, 3.63) is 21.3 Å². The van der Waals surface area contributed by atoms with E-state index in [0.717, 1.165) is 43.2 Å². The van der Waals surface area contributed by atoms with Crippen molar-refractivity contribution in [2.75, 3.05) is 19.6 Å². The van der Waals surface area contributed by atoms with Crippen LogP contribution in [0.25, 0.3) is 0 Å². The molecule has 1 N–H and O–H groups in total. The molecule has 1 saturated heterocycles. The number of rotatable bonds is 4. The second-order valence-corrected chi connectivity index (χ2v) is 7.73. The molecule has 3 nitrogen and oxygen atoms in total. The Morgan fingerprint density at radius 2 is 2.25 bits per heavy atom. The fraction of sp³-hybridized carbons (Fsp3) is 0.667. The van der Waals surface area contributed by atoms with E-state index in [1.807, 2.05) is 17.0 Å². The normalized spacial score (nSPS) is 23.8. The summed E-state index contributed by atoms with van der Waals surface area (Å²) < 4.78 is 0.796. The summed E-state index contributed by atoms with van der Waals surface area (Å²) in [5.41, 5.74) is 0.322. The van der Waals surface area contributed by atoms with Gasteiger partial charge in [-0.05, 0) is 56.8 Å². The van der Waals surface area contributed by atoms with Crippen molar-refractivity contribution in [1.29, 1.82) is 0 Å². The smallest absolute Gasteiger partial charge is 0.226 e. The average Bonchev–Trinajstić information content (AvgIpc) is 2.98. The number of halogens is 1. The van der Waals surface area contributed by atoms with Crippen LogP contribution in [0.15, 0.2) is 12.1 Å². The lowest BCUT2D eigenvalue weighted by atomic mass is 9.91. The van der Waals surface area contributed by atoms with Gasteiger partial charge in [0, 0.05) is 17.3 Å². The largest absolute Gasteiger partial charge is 0.338 e. The van der Waals surface area contributed by atoms with E-state index in [4.69, 9.17) is 11.6 Å². The predicted molar refractivity (Wildman–Crippen MR) is 83.1 cm³/mol. The predicted octanol–water partition coefficient (Wildman–Crippen LogP) is 3.14. The first-order valence-corrected chi connectivity index (χ1v) is 8.58. The molecule has 1 spiro atoms. The van der Waals surface area contributed by atoms with Crippen molar-refractivity contribution in [2.45, 2.75) is 32.7 Å². The number of carbonyl (C=O) groups is 1. The van der Waals surface area contributed by atoms with Crippen LogP contribution in [0.3, 0.4) is 0 Å². The Morgan fingerprint density at radius 1 is 1.50 bits per heavy atom. The van der Waals surface area contributed by atoms with E-state index in [0.29, 0.717) is 17.9 Å². The van der Waals surface area contributed by atoms with E-state index in [2.05, 4.69) is 12.2 Å². The standard InChI is InChI=1S/C15H21ClN2OS/c1-2-18(10-11-3-4-13(16)20-11)14(19)12-9-15(12)5-7-17-8-6-15/h3-4,12,17H,2,5-10H2,1H3. The highest BCUT2D eigenvalue weighted by Crippen LogP contribution is 2.59. The lowest BCUT2D eigenvalue weighted by molar-refractivity contribution is -0.134. The van der Waals surface area contributed by atoms with Gasteiger partial charge in [0.15, 0.2) is 0 Å². The van der Waals surface area contributed by atoms with Gasteiger partial charge in [-0.1, -0.05) is 11.6 Å². The van der Waals surface area contributed by atoms with Crippen LogP contribution in [0.1, 0.15) is 31.1 Å². The zero-order valence-corrected chi connectivity index (χ0v) is 13.4. The lowest BCUT2D eigenvalue weighted by Crippen LogP contribution is -2.36. The molecule has 1 aromatic heterocycles. The highest BCUT2D eigenvalue weighted by Gasteiger charge is 2.58. The third-order valence-corrected chi connectivity index (χ3v) is 5.97. The van der Waals surface area contributed by atoms with Gasteiger partial charge in [-0.25, -0.2) is 0 Å². The molecule has 1 unspecified atom stereocenters. The Bertz CT molecular complexity index is 496. The number of hydrogen-bond donors (Lipinski definition) is 1. The monoisotopic (exact) mass is 312 g/mol. The maximum Gasteiger partial charge on any atom is 0.226 e. The summed E-state index contributed by atoms with van der Waals surface area (Å²) in [6.45, 7) is 5.67. The van der Waals surface area contributed by atoms with Crippen LogP contribution in [-0.2, 0) is 11.3 Å². The van der Waals surface area contributed by atoms with E-state index in [-0.39, 0.29) is 5.92 Å². The van der Waals surface area contributed by atoms with Gasteiger partial charge >= 0.3 is 0 Å². The molecular weight excluding hydrogens is 292 g/mol. The van der Waals surface area contributed by atoms with Gasteiger partial charge in [-0.2, -0.15) is 0 Å². The van der Waals surface area contributed by atoms with Crippen LogP contribution < -0.4 is 5.32 Å². The van der Waals surface area contributed by atoms with Gasteiger partial charge in [0.1, 0.15) is 0 Å². The van der Waals surface area contributed by atoms with Gasteiger partial charge in [0.05, 0.1) is 10.9 Å². The minimum absolute atomic E-state index is 0.264. The fourth-order valence-corrected chi connectivity index (χ4v) is 4.47. The molecule has 1 aromatic rings. The molecule has 0 bridgehead atoms. The molecule has 1 saturated carbocycles. The molecule has 1 aliphatic heterocycles. The zero-order valence-electron chi connectivity index (χ0n) is 11.8. The maximum atomic E-state index is 12.7. The quantitative estimate of drug-likeness (QED) is 0.926. The minimum Gasteiger partial charge on any atom is -0.338 e. The van der Waals surface area contributed by atoms with Crippen LogP contribution >= 0.6 is 22.9 Å². The molecule has 0 radical (unpaired) electrons. The first-order chi connectivity index (χ1) is 9.64. The topological polar surface area (TPSA) is 32.3 Å². The molecule has 0 aromatic carbocycles. The van der Waals surface area contributed by atoms with E-state index < -0.39 is 0 Å². The Labute approximate surface area is 129 Å². The summed E-state index contributed by atoms with van der Waals surface area (Å²) in [6, 6.07) is 3.93. The first kappa shape index (κ1) is 14.4. The van der Waals surface area contributed by atoms with Gasteiger partial charge in [0.25, 0.3) is 0 Å². The van der Waals surface area contributed by atoms with Crippen molar-refractivity contribution in [3.8, 4) is 0 Å². The summed E-state index contributed by atoms with van der Waals surface area (Å²) in [5.74, 6) is 0.610. The molecule has 2 heterocycles. The third-order valence-electron chi connectivity index (χ3n) is 4.76. The number of amides is 1. The van der Waals surface area contributed by atoms with Crippen molar-refractivity contribution >= 4 is 28.8 Å². The second kappa shape index (κ2) is 5.66. The number of hydrogen-bond acceptors (Lipinski definition) is 3. The summed E-state index contributed by atoms with van der Waals surface area (Å²) in [5, 5.41) is 3.39. The van der Waals surface area contributed by atoms with Gasteiger partial charge in [-0.3, -0.25) is 4.79 Å². The summed E-state index contributed by atoms with van der Waals surface area (Å²) in [6.07, 6.45) is 3.41. The van der Waals surface area contributed by atoms with E-state index in [9.17, 15) is 4.79 Å². The maximum absolute atomic E-state index is 12.7. The van der Waals surface area contributed by atoms with Crippen molar-refractivity contribution in [3.63, 3.8) is 0 Å². The highest BCUT2D eigenvalue weighted by molar-refractivity contribution is 7.16. The molecule has 20 heavy (non-hydrogen) atoms. The average molecular weight is 313 g/mol. The Kier molecular flexibility index (Phi) is 4.07. The van der Waals surface area contributed by atoms with E-state index in [1.165, 1.54) is 4.88 Å². The number of nitrogens with one attached hydrogen (secondary N) is 1. The first-order valence-electron chi connectivity index (χ1n) is 7.38. The highest BCUT2D eigenvalue weighted by atomic mass is 35.5. The van der Waals surface area contributed by atoms with Crippen LogP contribution in [0.2, 0.25) is 4.34 Å². The van der Waals surface area contributed by atoms with Gasteiger partial charge < -0.3 is 10.2 Å². The fourth-order valence-electron chi connectivity index (χ4n) is 3.36. The molecule has 2 fully saturated rings. The van der Waals surface area contributed by atoms with Crippen molar-refractivity contribution in [2.24, 2.45) is 11.3 Å². The molecule has 110 valence electrons. The molecule has 2 aliphatic rings. The van der Waals surface area contributed by atoms with E-state index in [1.54, 1.807) is 11.3 Å². The number of piperidine rings is 1. The van der Waals surface area contributed by atoms with Crippen molar-refractivity contribution in [1.82, 2.24) is 10.2 Å². The molecule has 3 rings (SSSR count). The number of carbonyl (C=O) groups excluding carboxylic acids is 1.